The van der Waals surface area contributed by atoms with Crippen molar-refractivity contribution in [3.63, 3.8) is 0 Å². The van der Waals surface area contributed by atoms with Gasteiger partial charge in [-0.3, -0.25) is 14.3 Å². The van der Waals surface area contributed by atoms with Crippen LogP contribution in [0.2, 0.25) is 0 Å². The molecule has 0 spiro atoms. The highest BCUT2D eigenvalue weighted by atomic mass is 79.9. The summed E-state index contributed by atoms with van der Waals surface area (Å²) in [5.74, 6) is 0.150. The second-order valence-electron chi connectivity index (χ2n) is 4.95. The number of carbonyl (C=O) groups excluding carboxylic acids is 1. The molecule has 1 aliphatic heterocycles. The molecular formula is C15H16BrN3O. The maximum atomic E-state index is 12.5. The van der Waals surface area contributed by atoms with Crippen LogP contribution in [0.15, 0.2) is 35.2 Å². The van der Waals surface area contributed by atoms with Crippen molar-refractivity contribution in [3.05, 3.63) is 52.0 Å². The summed E-state index contributed by atoms with van der Waals surface area (Å²) in [6.07, 6.45) is 5.69. The van der Waals surface area contributed by atoms with Crippen LogP contribution in [0.5, 0.6) is 0 Å². The first-order chi connectivity index (χ1) is 9.75. The van der Waals surface area contributed by atoms with Gasteiger partial charge in [0.05, 0.1) is 4.60 Å². The van der Waals surface area contributed by atoms with E-state index in [1.807, 2.05) is 22.8 Å². The van der Waals surface area contributed by atoms with Crippen LogP contribution in [0.25, 0.3) is 0 Å². The van der Waals surface area contributed by atoms with E-state index in [-0.39, 0.29) is 5.91 Å². The number of aryl methyl sites for hydroxylation is 1. The number of hydrogen-bond acceptors (Lipinski definition) is 3. The van der Waals surface area contributed by atoms with E-state index < -0.39 is 0 Å². The topological polar surface area (TPSA) is 46.9 Å². The minimum Gasteiger partial charge on any atom is -0.312 e. The monoisotopic (exact) mass is 333 g/mol. The van der Waals surface area contributed by atoms with Crippen molar-refractivity contribution in [2.45, 2.75) is 25.8 Å². The molecule has 0 fully saturated rings. The molecule has 0 aliphatic carbocycles. The zero-order valence-corrected chi connectivity index (χ0v) is 12.7. The SMILES string of the molecule is O=C(CCc1ccncc1)n1c(Br)cc2c1CCNC2. The average molecular weight is 334 g/mol. The molecule has 1 aliphatic rings. The lowest BCUT2D eigenvalue weighted by molar-refractivity contribution is 0.0897. The molecule has 3 heterocycles. The van der Waals surface area contributed by atoms with Gasteiger partial charge in [0.25, 0.3) is 0 Å². The van der Waals surface area contributed by atoms with Gasteiger partial charge in [-0.05, 0) is 51.7 Å². The van der Waals surface area contributed by atoms with Crippen molar-refractivity contribution in [2.24, 2.45) is 0 Å². The lowest BCUT2D eigenvalue weighted by Crippen LogP contribution is -2.26. The molecule has 0 aromatic carbocycles. The van der Waals surface area contributed by atoms with Gasteiger partial charge in [0, 0.05) is 44.0 Å². The zero-order valence-electron chi connectivity index (χ0n) is 11.1. The van der Waals surface area contributed by atoms with Crippen LogP contribution < -0.4 is 5.32 Å². The van der Waals surface area contributed by atoms with Crippen LogP contribution in [-0.4, -0.2) is 22.0 Å². The molecule has 3 rings (SSSR count). The summed E-state index contributed by atoms with van der Waals surface area (Å²) < 4.78 is 2.70. The van der Waals surface area contributed by atoms with E-state index >= 15 is 0 Å². The molecule has 2 aromatic heterocycles. The second kappa shape index (κ2) is 5.89. The molecule has 0 radical (unpaired) electrons. The summed E-state index contributed by atoms with van der Waals surface area (Å²) in [4.78, 5) is 16.5. The quantitative estimate of drug-likeness (QED) is 0.938. The van der Waals surface area contributed by atoms with Crippen molar-refractivity contribution in [1.29, 1.82) is 0 Å². The zero-order chi connectivity index (χ0) is 13.9. The Kier molecular flexibility index (Phi) is 3.98. The smallest absolute Gasteiger partial charge is 0.232 e. The van der Waals surface area contributed by atoms with Gasteiger partial charge in [-0.1, -0.05) is 0 Å². The fourth-order valence-electron chi connectivity index (χ4n) is 2.60. The molecular weight excluding hydrogens is 318 g/mol. The van der Waals surface area contributed by atoms with Gasteiger partial charge in [-0.15, -0.1) is 0 Å². The van der Waals surface area contributed by atoms with Gasteiger partial charge in [-0.2, -0.15) is 0 Å². The Balaban J connectivity index is 1.76. The van der Waals surface area contributed by atoms with E-state index in [0.717, 1.165) is 41.8 Å². The molecule has 0 unspecified atom stereocenters. The maximum absolute atomic E-state index is 12.5. The first kappa shape index (κ1) is 13.5. The van der Waals surface area contributed by atoms with Crippen LogP contribution in [0.4, 0.5) is 0 Å². The molecule has 4 nitrogen and oxygen atoms in total. The number of nitrogens with zero attached hydrogens (tertiary/aromatic N) is 2. The van der Waals surface area contributed by atoms with Crippen molar-refractivity contribution in [3.8, 4) is 0 Å². The number of pyridine rings is 1. The maximum Gasteiger partial charge on any atom is 0.232 e. The first-order valence-electron chi connectivity index (χ1n) is 6.77. The average Bonchev–Trinajstić information content (AvgIpc) is 2.82. The Bertz CT molecular complexity index is 622. The number of halogens is 1. The molecule has 0 saturated carbocycles. The Morgan fingerprint density at radius 1 is 1.40 bits per heavy atom. The highest BCUT2D eigenvalue weighted by molar-refractivity contribution is 9.10. The normalized spacial score (nSPS) is 14.1. The molecule has 20 heavy (non-hydrogen) atoms. The Morgan fingerprint density at radius 3 is 3.00 bits per heavy atom. The van der Waals surface area contributed by atoms with Gasteiger partial charge >= 0.3 is 0 Å². The van der Waals surface area contributed by atoms with Crippen LogP contribution in [-0.2, 0) is 19.4 Å². The standard InChI is InChI=1S/C15H16BrN3O/c16-14-9-12-10-18-8-5-13(12)19(14)15(20)2-1-11-3-6-17-7-4-11/h3-4,6-7,9,18H,1-2,5,8,10H2. The number of fused-ring (bicyclic) bond motifs is 1. The Labute approximate surface area is 126 Å². The van der Waals surface area contributed by atoms with Crippen molar-refractivity contribution >= 4 is 21.8 Å². The van der Waals surface area contributed by atoms with Gasteiger partial charge in [0.1, 0.15) is 0 Å². The molecule has 1 N–H and O–H groups in total. The molecule has 0 saturated heterocycles. The molecule has 104 valence electrons. The van der Waals surface area contributed by atoms with Gasteiger partial charge in [0.15, 0.2) is 0 Å². The lowest BCUT2D eigenvalue weighted by atomic mass is 10.1. The van der Waals surface area contributed by atoms with Crippen LogP contribution in [0.3, 0.4) is 0 Å². The van der Waals surface area contributed by atoms with Crippen molar-refractivity contribution < 1.29 is 4.79 Å². The highest BCUT2D eigenvalue weighted by Gasteiger charge is 2.20. The largest absolute Gasteiger partial charge is 0.312 e. The summed E-state index contributed by atoms with van der Waals surface area (Å²) in [7, 11) is 0. The molecule has 5 heteroatoms. The number of carbonyl (C=O) groups is 1. The molecule has 0 atom stereocenters. The number of rotatable bonds is 3. The van der Waals surface area contributed by atoms with Gasteiger partial charge in [-0.25, -0.2) is 0 Å². The van der Waals surface area contributed by atoms with Crippen molar-refractivity contribution in [1.82, 2.24) is 14.9 Å². The predicted octanol–water partition coefficient (Wildman–Crippen LogP) is 2.56. The van der Waals surface area contributed by atoms with E-state index in [2.05, 4.69) is 26.2 Å². The van der Waals surface area contributed by atoms with E-state index in [4.69, 9.17) is 0 Å². The third-order valence-corrected chi connectivity index (χ3v) is 4.21. The minimum atomic E-state index is 0.150. The summed E-state index contributed by atoms with van der Waals surface area (Å²) >= 11 is 3.51. The minimum absolute atomic E-state index is 0.150. The van der Waals surface area contributed by atoms with E-state index in [1.54, 1.807) is 12.4 Å². The highest BCUT2D eigenvalue weighted by Crippen LogP contribution is 2.24. The fraction of sp³-hybridized carbons (Fsp3) is 0.333. The summed E-state index contributed by atoms with van der Waals surface area (Å²) in [6, 6.07) is 5.96. The van der Waals surface area contributed by atoms with Crippen LogP contribution in [0.1, 0.15) is 28.0 Å². The lowest BCUT2D eigenvalue weighted by Gasteiger charge is -2.16. The number of nitrogens with one attached hydrogen (secondary N) is 1. The third kappa shape index (κ3) is 2.69. The van der Waals surface area contributed by atoms with Crippen molar-refractivity contribution in [2.75, 3.05) is 6.54 Å². The van der Waals surface area contributed by atoms with Gasteiger partial charge < -0.3 is 5.32 Å². The molecule has 0 amide bonds. The Morgan fingerprint density at radius 2 is 2.20 bits per heavy atom. The summed E-state index contributed by atoms with van der Waals surface area (Å²) in [5.41, 5.74) is 3.52. The number of hydrogen-bond donors (Lipinski definition) is 1. The second-order valence-corrected chi connectivity index (χ2v) is 5.76. The summed E-state index contributed by atoms with van der Waals surface area (Å²) in [5, 5.41) is 3.33. The molecule has 2 aromatic rings. The van der Waals surface area contributed by atoms with E-state index in [9.17, 15) is 4.79 Å². The third-order valence-electron chi connectivity index (χ3n) is 3.63. The number of aromatic nitrogens is 2. The van der Waals surface area contributed by atoms with E-state index in [1.165, 1.54) is 5.56 Å². The van der Waals surface area contributed by atoms with Gasteiger partial charge in [0.2, 0.25) is 5.91 Å². The fourth-order valence-corrected chi connectivity index (χ4v) is 3.29. The van der Waals surface area contributed by atoms with E-state index in [0.29, 0.717) is 6.42 Å². The molecule has 0 bridgehead atoms. The Hall–Kier alpha value is -1.46. The van der Waals surface area contributed by atoms with Crippen LogP contribution >= 0.6 is 15.9 Å². The first-order valence-corrected chi connectivity index (χ1v) is 7.57. The van der Waals surface area contributed by atoms with Crippen LogP contribution in [0, 0.1) is 0 Å². The summed E-state index contributed by atoms with van der Waals surface area (Å²) in [6.45, 7) is 1.78. The predicted molar refractivity (Wildman–Crippen MR) is 80.7 cm³/mol.